The molecule has 0 heterocycles. The Morgan fingerprint density at radius 1 is 1.35 bits per heavy atom. The van der Waals surface area contributed by atoms with Crippen LogP contribution in [0, 0.1) is 5.82 Å². The minimum absolute atomic E-state index is 0.144. The van der Waals surface area contributed by atoms with Crippen LogP contribution < -0.4 is 11.1 Å². The highest BCUT2D eigenvalue weighted by molar-refractivity contribution is 5.47. The number of hydrogen-bond donors (Lipinski definition) is 4. The van der Waals surface area contributed by atoms with Gasteiger partial charge in [0.2, 0.25) is 0 Å². The Bertz CT molecular complexity index is 359. The van der Waals surface area contributed by atoms with E-state index in [1.807, 2.05) is 6.92 Å². The van der Waals surface area contributed by atoms with Gasteiger partial charge in [0.1, 0.15) is 5.82 Å². The summed E-state index contributed by atoms with van der Waals surface area (Å²) in [5.41, 5.74) is 5.50. The second-order valence-electron chi connectivity index (χ2n) is 4.09. The van der Waals surface area contributed by atoms with Gasteiger partial charge in [0.25, 0.3) is 0 Å². The van der Waals surface area contributed by atoms with Gasteiger partial charge in [-0.3, -0.25) is 0 Å². The number of nitrogens with one attached hydrogen (secondary N) is 1. The number of hydrogen-bond acceptors (Lipinski definition) is 4. The Balaban J connectivity index is 2.90. The lowest BCUT2D eigenvalue weighted by Gasteiger charge is -2.31. The van der Waals surface area contributed by atoms with E-state index in [0.29, 0.717) is 17.7 Å². The lowest BCUT2D eigenvalue weighted by Crippen LogP contribution is -2.45. The van der Waals surface area contributed by atoms with E-state index in [1.165, 1.54) is 6.07 Å². The minimum Gasteiger partial charge on any atom is -0.394 e. The number of nitrogens with two attached hydrogens (primary N) is 1. The van der Waals surface area contributed by atoms with Crippen LogP contribution in [-0.2, 0) is 6.54 Å². The molecule has 0 radical (unpaired) electrons. The topological polar surface area (TPSA) is 78.5 Å². The van der Waals surface area contributed by atoms with Crippen LogP contribution in [0.25, 0.3) is 0 Å². The van der Waals surface area contributed by atoms with Gasteiger partial charge in [-0.2, -0.15) is 0 Å². The smallest absolute Gasteiger partial charge is 0.129 e. The highest BCUT2D eigenvalue weighted by Gasteiger charge is 2.26. The van der Waals surface area contributed by atoms with E-state index < -0.39 is 11.4 Å². The van der Waals surface area contributed by atoms with Crippen LogP contribution in [0.1, 0.15) is 18.9 Å². The monoisotopic (exact) mass is 242 g/mol. The zero-order valence-corrected chi connectivity index (χ0v) is 9.91. The summed E-state index contributed by atoms with van der Waals surface area (Å²) < 4.78 is 13.5. The van der Waals surface area contributed by atoms with Crippen molar-refractivity contribution in [3.05, 3.63) is 29.6 Å². The van der Waals surface area contributed by atoms with E-state index >= 15 is 0 Å². The van der Waals surface area contributed by atoms with Crippen molar-refractivity contribution in [3.8, 4) is 0 Å². The third-order valence-corrected chi connectivity index (χ3v) is 2.96. The van der Waals surface area contributed by atoms with E-state index in [0.717, 1.165) is 0 Å². The van der Waals surface area contributed by atoms with Crippen molar-refractivity contribution in [3.63, 3.8) is 0 Å². The van der Waals surface area contributed by atoms with Crippen LogP contribution >= 0.6 is 0 Å². The Labute approximate surface area is 100 Å². The van der Waals surface area contributed by atoms with E-state index in [2.05, 4.69) is 5.32 Å². The maximum atomic E-state index is 13.5. The standard InChI is InChI=1S/C12H19FN2O2/c1-2-12(7-16,8-17)15-10-4-3-9(6-14)11(13)5-10/h3-5,15-17H,2,6-8,14H2,1H3. The van der Waals surface area contributed by atoms with Gasteiger partial charge in [-0.1, -0.05) is 13.0 Å². The summed E-state index contributed by atoms with van der Waals surface area (Å²) in [6.07, 6.45) is 0.528. The summed E-state index contributed by atoms with van der Waals surface area (Å²) in [5, 5.41) is 21.5. The minimum atomic E-state index is -0.823. The first-order valence-corrected chi connectivity index (χ1v) is 5.59. The maximum absolute atomic E-state index is 13.5. The zero-order valence-electron chi connectivity index (χ0n) is 9.91. The molecule has 96 valence electrons. The van der Waals surface area contributed by atoms with Gasteiger partial charge >= 0.3 is 0 Å². The normalized spacial score (nSPS) is 11.6. The Hall–Kier alpha value is -1.17. The average Bonchev–Trinajstić information content (AvgIpc) is 2.36. The predicted molar refractivity (Wildman–Crippen MR) is 65.1 cm³/mol. The average molecular weight is 242 g/mol. The van der Waals surface area contributed by atoms with E-state index in [1.54, 1.807) is 12.1 Å². The van der Waals surface area contributed by atoms with Crippen LogP contribution in [-0.4, -0.2) is 29.0 Å². The van der Waals surface area contributed by atoms with Crippen LogP contribution in [0.15, 0.2) is 18.2 Å². The van der Waals surface area contributed by atoms with E-state index in [9.17, 15) is 14.6 Å². The van der Waals surface area contributed by atoms with Gasteiger partial charge < -0.3 is 21.3 Å². The molecule has 0 atom stereocenters. The van der Waals surface area contributed by atoms with Crippen molar-refractivity contribution in [2.75, 3.05) is 18.5 Å². The molecule has 5 N–H and O–H groups in total. The van der Waals surface area contributed by atoms with Gasteiger partial charge in [0.05, 0.1) is 18.8 Å². The Morgan fingerprint density at radius 3 is 2.41 bits per heavy atom. The highest BCUT2D eigenvalue weighted by Crippen LogP contribution is 2.20. The molecule has 17 heavy (non-hydrogen) atoms. The molecular weight excluding hydrogens is 223 g/mol. The lowest BCUT2D eigenvalue weighted by atomic mass is 9.98. The molecule has 0 spiro atoms. The fraction of sp³-hybridized carbons (Fsp3) is 0.500. The quantitative estimate of drug-likeness (QED) is 0.596. The second-order valence-corrected chi connectivity index (χ2v) is 4.09. The third kappa shape index (κ3) is 3.15. The van der Waals surface area contributed by atoms with Crippen LogP contribution in [0.3, 0.4) is 0 Å². The summed E-state index contributed by atoms with van der Waals surface area (Å²) >= 11 is 0. The number of anilines is 1. The first kappa shape index (κ1) is 13.9. The molecule has 1 rings (SSSR count). The molecule has 0 fully saturated rings. The predicted octanol–water partition coefficient (Wildman–Crippen LogP) is 0.830. The summed E-state index contributed by atoms with van der Waals surface area (Å²) in [7, 11) is 0. The lowest BCUT2D eigenvalue weighted by molar-refractivity contribution is 0.132. The van der Waals surface area contributed by atoms with Gasteiger partial charge in [-0.25, -0.2) is 4.39 Å². The molecule has 1 aromatic carbocycles. The molecule has 0 aliphatic rings. The largest absolute Gasteiger partial charge is 0.394 e. The number of halogens is 1. The molecule has 0 aliphatic carbocycles. The Morgan fingerprint density at radius 2 is 2.00 bits per heavy atom. The zero-order chi connectivity index (χ0) is 12.9. The summed E-state index contributed by atoms with van der Waals surface area (Å²) in [6, 6.07) is 4.59. The summed E-state index contributed by atoms with van der Waals surface area (Å²) in [5.74, 6) is -0.390. The molecule has 1 aromatic rings. The molecular formula is C12H19FN2O2. The van der Waals surface area contributed by atoms with Crippen LogP contribution in [0.2, 0.25) is 0 Å². The van der Waals surface area contributed by atoms with Crippen molar-refractivity contribution in [2.45, 2.75) is 25.4 Å². The van der Waals surface area contributed by atoms with Crippen molar-refractivity contribution in [1.82, 2.24) is 0 Å². The molecule has 0 bridgehead atoms. The van der Waals surface area contributed by atoms with Crippen molar-refractivity contribution < 1.29 is 14.6 Å². The first-order chi connectivity index (χ1) is 8.10. The third-order valence-electron chi connectivity index (χ3n) is 2.96. The van der Waals surface area contributed by atoms with Gasteiger partial charge in [0, 0.05) is 17.8 Å². The second kappa shape index (κ2) is 5.95. The molecule has 0 saturated heterocycles. The number of aliphatic hydroxyl groups is 2. The number of benzene rings is 1. The molecule has 0 amide bonds. The SMILES string of the molecule is CCC(CO)(CO)Nc1ccc(CN)c(F)c1. The van der Waals surface area contributed by atoms with Crippen molar-refractivity contribution >= 4 is 5.69 Å². The van der Waals surface area contributed by atoms with E-state index in [4.69, 9.17) is 5.73 Å². The number of aliphatic hydroxyl groups excluding tert-OH is 2. The van der Waals surface area contributed by atoms with E-state index in [-0.39, 0.29) is 19.8 Å². The van der Waals surface area contributed by atoms with Gasteiger partial charge in [-0.05, 0) is 18.6 Å². The fourth-order valence-corrected chi connectivity index (χ4v) is 1.54. The van der Waals surface area contributed by atoms with Crippen LogP contribution in [0.4, 0.5) is 10.1 Å². The first-order valence-electron chi connectivity index (χ1n) is 5.59. The fourth-order valence-electron chi connectivity index (χ4n) is 1.54. The molecule has 5 heteroatoms. The molecule has 0 saturated carbocycles. The van der Waals surface area contributed by atoms with Crippen molar-refractivity contribution in [1.29, 1.82) is 0 Å². The van der Waals surface area contributed by atoms with Crippen molar-refractivity contribution in [2.24, 2.45) is 5.73 Å². The number of rotatable bonds is 6. The molecule has 0 aliphatic heterocycles. The maximum Gasteiger partial charge on any atom is 0.129 e. The highest BCUT2D eigenvalue weighted by atomic mass is 19.1. The van der Waals surface area contributed by atoms with Crippen LogP contribution in [0.5, 0.6) is 0 Å². The molecule has 4 nitrogen and oxygen atoms in total. The summed E-state index contributed by atoms with van der Waals surface area (Å²) in [6.45, 7) is 1.54. The Kier molecular flexibility index (Phi) is 4.86. The van der Waals surface area contributed by atoms with Gasteiger partial charge in [0.15, 0.2) is 0 Å². The molecule has 0 unspecified atom stereocenters. The summed E-state index contributed by atoms with van der Waals surface area (Å²) in [4.78, 5) is 0. The molecule has 0 aromatic heterocycles. The van der Waals surface area contributed by atoms with Gasteiger partial charge in [-0.15, -0.1) is 0 Å².